The molecule has 7 heteroatoms. The van der Waals surface area contributed by atoms with Crippen LogP contribution in [0.25, 0.3) is 0 Å². The van der Waals surface area contributed by atoms with E-state index < -0.39 is 25.1 Å². The SMILES string of the molecule is NS(=O)(=O)[C@H]1CCS(=O)(=O)C1. The molecule has 1 heterocycles. The molecule has 0 radical (unpaired) electrons. The maximum atomic E-state index is 10.8. The number of sulfone groups is 1. The van der Waals surface area contributed by atoms with Gasteiger partial charge in [-0.25, -0.2) is 22.0 Å². The van der Waals surface area contributed by atoms with Crippen LogP contribution < -0.4 is 5.14 Å². The molecule has 0 amide bonds. The van der Waals surface area contributed by atoms with E-state index in [-0.39, 0.29) is 17.9 Å². The molecule has 1 aliphatic heterocycles. The first-order valence-corrected chi connectivity index (χ1v) is 6.46. The Morgan fingerprint density at radius 3 is 2.09 bits per heavy atom. The van der Waals surface area contributed by atoms with Gasteiger partial charge in [-0.15, -0.1) is 0 Å². The molecule has 0 spiro atoms. The summed E-state index contributed by atoms with van der Waals surface area (Å²) in [5.74, 6) is -0.375. The summed E-state index contributed by atoms with van der Waals surface area (Å²) >= 11 is 0. The summed E-state index contributed by atoms with van der Waals surface area (Å²) in [6.45, 7) is 0. The monoisotopic (exact) mass is 199 g/mol. The highest BCUT2D eigenvalue weighted by Crippen LogP contribution is 2.16. The lowest BCUT2D eigenvalue weighted by atomic mass is 10.4. The Balaban J connectivity index is 2.87. The van der Waals surface area contributed by atoms with Crippen LogP contribution in [0.15, 0.2) is 0 Å². The zero-order valence-corrected chi connectivity index (χ0v) is 7.36. The van der Waals surface area contributed by atoms with Crippen LogP contribution in [0.5, 0.6) is 0 Å². The highest BCUT2D eigenvalue weighted by molar-refractivity contribution is 7.95. The Hall–Kier alpha value is -0.140. The zero-order valence-electron chi connectivity index (χ0n) is 5.73. The van der Waals surface area contributed by atoms with E-state index in [1.165, 1.54) is 0 Å². The smallest absolute Gasteiger partial charge is 0.213 e. The molecule has 1 atom stereocenters. The predicted octanol–water partition coefficient (Wildman–Crippen LogP) is -1.54. The van der Waals surface area contributed by atoms with Crippen molar-refractivity contribution in [2.75, 3.05) is 11.5 Å². The fourth-order valence-corrected chi connectivity index (χ4v) is 4.54. The molecule has 1 aliphatic rings. The predicted molar refractivity (Wildman–Crippen MR) is 40.2 cm³/mol. The van der Waals surface area contributed by atoms with Crippen molar-refractivity contribution in [3.8, 4) is 0 Å². The van der Waals surface area contributed by atoms with Crippen molar-refractivity contribution in [1.29, 1.82) is 0 Å². The summed E-state index contributed by atoms with van der Waals surface area (Å²) in [5.41, 5.74) is 0. The number of sulfonamides is 1. The van der Waals surface area contributed by atoms with Crippen LogP contribution in [0, 0.1) is 0 Å². The van der Waals surface area contributed by atoms with Crippen molar-refractivity contribution in [2.45, 2.75) is 11.7 Å². The fourth-order valence-electron chi connectivity index (χ4n) is 1.02. The van der Waals surface area contributed by atoms with Crippen molar-refractivity contribution in [3.05, 3.63) is 0 Å². The van der Waals surface area contributed by atoms with Crippen LogP contribution in [0.3, 0.4) is 0 Å². The Bertz CT molecular complexity index is 340. The van der Waals surface area contributed by atoms with Gasteiger partial charge >= 0.3 is 0 Å². The normalized spacial score (nSPS) is 30.5. The molecule has 1 saturated heterocycles. The van der Waals surface area contributed by atoms with Gasteiger partial charge in [0, 0.05) is 0 Å². The maximum Gasteiger partial charge on any atom is 0.213 e. The summed E-state index contributed by atoms with van der Waals surface area (Å²) < 4.78 is 42.8. The Kier molecular flexibility index (Phi) is 1.97. The van der Waals surface area contributed by atoms with Gasteiger partial charge in [-0.05, 0) is 6.42 Å². The quantitative estimate of drug-likeness (QED) is 0.554. The van der Waals surface area contributed by atoms with Gasteiger partial charge in [0.25, 0.3) is 0 Å². The van der Waals surface area contributed by atoms with Gasteiger partial charge in [0.15, 0.2) is 9.84 Å². The van der Waals surface area contributed by atoms with Crippen molar-refractivity contribution >= 4 is 19.9 Å². The van der Waals surface area contributed by atoms with E-state index in [0.717, 1.165) is 0 Å². The van der Waals surface area contributed by atoms with E-state index in [1.807, 2.05) is 0 Å². The molecule has 0 aromatic rings. The Morgan fingerprint density at radius 1 is 1.36 bits per heavy atom. The second kappa shape index (κ2) is 2.43. The second-order valence-corrected chi connectivity index (χ2v) is 6.69. The topological polar surface area (TPSA) is 94.3 Å². The Morgan fingerprint density at radius 2 is 1.91 bits per heavy atom. The van der Waals surface area contributed by atoms with Gasteiger partial charge in [-0.3, -0.25) is 0 Å². The van der Waals surface area contributed by atoms with Crippen LogP contribution in [-0.4, -0.2) is 33.6 Å². The molecule has 1 rings (SSSR count). The largest absolute Gasteiger partial charge is 0.229 e. The van der Waals surface area contributed by atoms with E-state index in [2.05, 4.69) is 0 Å². The minimum Gasteiger partial charge on any atom is -0.229 e. The number of rotatable bonds is 1. The molecule has 0 saturated carbocycles. The van der Waals surface area contributed by atoms with Gasteiger partial charge in [0.1, 0.15) is 0 Å². The van der Waals surface area contributed by atoms with Gasteiger partial charge in [-0.2, -0.15) is 0 Å². The maximum absolute atomic E-state index is 10.8. The Labute approximate surface area is 65.6 Å². The third-order valence-corrected chi connectivity index (χ3v) is 4.97. The van der Waals surface area contributed by atoms with Crippen LogP contribution in [0.2, 0.25) is 0 Å². The highest BCUT2D eigenvalue weighted by Gasteiger charge is 2.34. The van der Waals surface area contributed by atoms with Gasteiger partial charge in [0.2, 0.25) is 10.0 Å². The van der Waals surface area contributed by atoms with Crippen LogP contribution in [0.1, 0.15) is 6.42 Å². The summed E-state index contributed by atoms with van der Waals surface area (Å²) in [6, 6.07) is 0. The first-order chi connectivity index (χ1) is 4.81. The summed E-state index contributed by atoms with van der Waals surface area (Å²) in [5, 5.41) is 3.89. The number of primary sulfonamides is 1. The van der Waals surface area contributed by atoms with E-state index in [1.54, 1.807) is 0 Å². The van der Waals surface area contributed by atoms with E-state index in [9.17, 15) is 16.8 Å². The molecule has 66 valence electrons. The van der Waals surface area contributed by atoms with E-state index in [4.69, 9.17) is 5.14 Å². The number of nitrogens with two attached hydrogens (primary N) is 1. The van der Waals surface area contributed by atoms with Crippen LogP contribution in [-0.2, 0) is 19.9 Å². The first-order valence-electron chi connectivity index (χ1n) is 3.03. The molecule has 2 N–H and O–H groups in total. The third kappa shape index (κ3) is 2.14. The van der Waals surface area contributed by atoms with Crippen molar-refractivity contribution in [1.82, 2.24) is 0 Å². The molecule has 0 aromatic carbocycles. The van der Waals surface area contributed by atoms with Crippen molar-refractivity contribution < 1.29 is 16.8 Å². The van der Waals surface area contributed by atoms with Crippen molar-refractivity contribution in [3.63, 3.8) is 0 Å². The summed E-state index contributed by atoms with van der Waals surface area (Å²) in [6.07, 6.45) is 0.140. The zero-order chi connectivity index (χ0) is 8.70. The summed E-state index contributed by atoms with van der Waals surface area (Å²) in [4.78, 5) is 0. The molecule has 0 aliphatic carbocycles. The molecular formula is C4H9NO4S2. The summed E-state index contributed by atoms with van der Waals surface area (Å²) in [7, 11) is -6.79. The lowest BCUT2D eigenvalue weighted by molar-refractivity contribution is 0.584. The molecule has 0 unspecified atom stereocenters. The van der Waals surface area contributed by atoms with Crippen molar-refractivity contribution in [2.24, 2.45) is 5.14 Å². The third-order valence-electron chi connectivity index (χ3n) is 1.66. The molecule has 0 aromatic heterocycles. The first kappa shape index (κ1) is 8.95. The molecular weight excluding hydrogens is 190 g/mol. The molecule has 11 heavy (non-hydrogen) atoms. The fraction of sp³-hybridized carbons (Fsp3) is 1.00. The minimum absolute atomic E-state index is 0.0614. The number of hydrogen-bond donors (Lipinski definition) is 1. The molecule has 5 nitrogen and oxygen atoms in total. The van der Waals surface area contributed by atoms with E-state index in [0.29, 0.717) is 0 Å². The molecule has 1 fully saturated rings. The average Bonchev–Trinajstić information content (AvgIpc) is 2.07. The minimum atomic E-state index is -3.65. The second-order valence-electron chi connectivity index (χ2n) is 2.61. The molecule has 0 bridgehead atoms. The lowest BCUT2D eigenvalue weighted by Crippen LogP contribution is -2.29. The van der Waals surface area contributed by atoms with Gasteiger partial charge < -0.3 is 0 Å². The highest BCUT2D eigenvalue weighted by atomic mass is 32.2. The average molecular weight is 199 g/mol. The van der Waals surface area contributed by atoms with Crippen LogP contribution in [0.4, 0.5) is 0 Å². The van der Waals surface area contributed by atoms with Crippen LogP contribution >= 0.6 is 0 Å². The number of hydrogen-bond acceptors (Lipinski definition) is 4. The van der Waals surface area contributed by atoms with Gasteiger partial charge in [-0.1, -0.05) is 0 Å². The van der Waals surface area contributed by atoms with E-state index >= 15 is 0 Å². The van der Waals surface area contributed by atoms with Gasteiger partial charge in [0.05, 0.1) is 16.8 Å². The standard InChI is InChI=1S/C4H9NO4S2/c5-11(8,9)4-1-2-10(6,7)3-4/h4H,1-3H2,(H2,5,8,9)/t4-/m0/s1. The lowest BCUT2D eigenvalue weighted by Gasteiger charge is -2.01.